The van der Waals surface area contributed by atoms with Gasteiger partial charge in [0.2, 0.25) is 5.91 Å². The van der Waals surface area contributed by atoms with Gasteiger partial charge in [-0.3, -0.25) is 9.69 Å². The van der Waals surface area contributed by atoms with Gasteiger partial charge in [0.25, 0.3) is 0 Å². The molecule has 2 atom stereocenters. The summed E-state index contributed by atoms with van der Waals surface area (Å²) in [5, 5.41) is 5.70. The third kappa shape index (κ3) is 6.40. The van der Waals surface area contributed by atoms with Gasteiger partial charge >= 0.3 is 0 Å². The minimum atomic E-state index is 0. The molecule has 0 radical (unpaired) electrons. The number of fused-ring (bicyclic) bond motifs is 2. The van der Waals surface area contributed by atoms with E-state index in [1.54, 1.807) is 14.2 Å². The van der Waals surface area contributed by atoms with Crippen LogP contribution in [0.15, 0.2) is 54.6 Å². The van der Waals surface area contributed by atoms with Crippen molar-refractivity contribution in [3.8, 4) is 11.5 Å². The summed E-state index contributed by atoms with van der Waals surface area (Å²) in [7, 11) is 5.42. The number of methoxy groups -OCH3 is 2. The van der Waals surface area contributed by atoms with Crippen LogP contribution in [0.4, 0.5) is 5.69 Å². The number of hydrogen-bond donors (Lipinski definition) is 1. The summed E-state index contributed by atoms with van der Waals surface area (Å²) in [5.41, 5.74) is 3.29. The van der Waals surface area contributed by atoms with Crippen LogP contribution in [-0.4, -0.2) is 38.6 Å². The van der Waals surface area contributed by atoms with E-state index in [4.69, 9.17) is 9.47 Å². The van der Waals surface area contributed by atoms with Gasteiger partial charge in [-0.25, -0.2) is 0 Å². The quantitative estimate of drug-likeness (QED) is 0.361. The van der Waals surface area contributed by atoms with Crippen LogP contribution < -0.4 is 14.8 Å². The van der Waals surface area contributed by atoms with Crippen molar-refractivity contribution in [2.75, 3.05) is 33.1 Å². The lowest BCUT2D eigenvalue weighted by Crippen LogP contribution is -2.26. The van der Waals surface area contributed by atoms with Crippen molar-refractivity contribution in [1.29, 1.82) is 0 Å². The normalized spacial score (nSPS) is 15.8. The first-order valence-electron chi connectivity index (χ1n) is 11.8. The summed E-state index contributed by atoms with van der Waals surface area (Å²) in [6, 6.07) is 19.2. The Bertz CT molecular complexity index is 1130. The maximum Gasteiger partial charge on any atom is 0.227 e. The number of ether oxygens (including phenoxy) is 2. The van der Waals surface area contributed by atoms with Crippen LogP contribution in [-0.2, 0) is 11.2 Å². The third-order valence-electron chi connectivity index (χ3n) is 7.00. The second kappa shape index (κ2) is 13.0. The molecule has 3 aromatic rings. The average Bonchev–Trinajstić information content (AvgIpc) is 2.99. The topological polar surface area (TPSA) is 50.8 Å². The molecular formula is C28H36Cl2N2O3. The van der Waals surface area contributed by atoms with Crippen molar-refractivity contribution in [3.63, 3.8) is 0 Å². The highest BCUT2D eigenvalue weighted by molar-refractivity contribution is 5.94. The van der Waals surface area contributed by atoms with Gasteiger partial charge in [0.15, 0.2) is 11.5 Å². The Kier molecular flexibility index (Phi) is 10.7. The Morgan fingerprint density at radius 2 is 1.71 bits per heavy atom. The Balaban J connectivity index is 0.00000216. The van der Waals surface area contributed by atoms with Gasteiger partial charge in [-0.1, -0.05) is 42.5 Å². The van der Waals surface area contributed by atoms with E-state index >= 15 is 0 Å². The van der Waals surface area contributed by atoms with Crippen molar-refractivity contribution in [1.82, 2.24) is 4.90 Å². The lowest BCUT2D eigenvalue weighted by Gasteiger charge is -2.26. The standard InChI is InChI=1S/C28H34N2O3.2ClH/c1-19(23-13-7-10-20-9-5-6-12-24(20)23)30(2)16-8-11-21-14-15-22-17-26(32-3)27(33-4)18-25(22)29-28(21)31;;/h5-7,9-10,12-13,17-19,21H,8,11,14-16H2,1-4H3,(H,29,31);2*1H. The summed E-state index contributed by atoms with van der Waals surface area (Å²) in [5.74, 6) is 1.45. The van der Waals surface area contributed by atoms with Crippen LogP contribution in [0.1, 0.15) is 43.4 Å². The van der Waals surface area contributed by atoms with Gasteiger partial charge in [0.1, 0.15) is 0 Å². The molecule has 1 amide bonds. The van der Waals surface area contributed by atoms with E-state index in [0.717, 1.165) is 43.5 Å². The third-order valence-corrected chi connectivity index (χ3v) is 7.00. The molecule has 3 aromatic carbocycles. The number of benzene rings is 3. The van der Waals surface area contributed by atoms with E-state index in [9.17, 15) is 4.79 Å². The van der Waals surface area contributed by atoms with Crippen LogP contribution in [0, 0.1) is 5.92 Å². The lowest BCUT2D eigenvalue weighted by atomic mass is 9.95. The van der Waals surface area contributed by atoms with E-state index in [0.29, 0.717) is 17.5 Å². The summed E-state index contributed by atoms with van der Waals surface area (Å²) in [4.78, 5) is 15.3. The number of halogens is 2. The molecule has 0 bridgehead atoms. The Morgan fingerprint density at radius 3 is 2.46 bits per heavy atom. The molecule has 0 fully saturated rings. The highest BCUT2D eigenvalue weighted by atomic mass is 35.5. The lowest BCUT2D eigenvalue weighted by molar-refractivity contribution is -0.120. The van der Waals surface area contributed by atoms with E-state index < -0.39 is 0 Å². The number of amides is 1. The van der Waals surface area contributed by atoms with Crippen LogP contribution in [0.2, 0.25) is 0 Å². The van der Waals surface area contributed by atoms with Crippen molar-refractivity contribution in [2.45, 2.75) is 38.6 Å². The van der Waals surface area contributed by atoms with Crippen molar-refractivity contribution >= 4 is 47.2 Å². The highest BCUT2D eigenvalue weighted by Crippen LogP contribution is 2.36. The first-order valence-corrected chi connectivity index (χ1v) is 11.8. The van der Waals surface area contributed by atoms with Gasteiger partial charge in [0.05, 0.1) is 14.2 Å². The SMILES string of the molecule is COc1cc2c(cc1OC)NC(=O)C(CCCN(C)C(C)c1cccc3ccccc13)CC2.Cl.Cl. The zero-order valence-corrected chi connectivity index (χ0v) is 22.5. The molecule has 2 unspecified atom stereocenters. The van der Waals surface area contributed by atoms with Gasteiger partial charge in [-0.2, -0.15) is 0 Å². The first-order chi connectivity index (χ1) is 16.0. The Morgan fingerprint density at radius 1 is 1.03 bits per heavy atom. The molecule has 0 saturated carbocycles. The van der Waals surface area contributed by atoms with Gasteiger partial charge in [0, 0.05) is 23.7 Å². The molecule has 5 nitrogen and oxygen atoms in total. The fourth-order valence-corrected chi connectivity index (χ4v) is 4.85. The van der Waals surface area contributed by atoms with Gasteiger partial charge < -0.3 is 14.8 Å². The number of carbonyl (C=O) groups excluding carboxylic acids is 1. The number of nitrogens with zero attached hydrogens (tertiary/aromatic N) is 1. The zero-order chi connectivity index (χ0) is 23.4. The molecule has 1 heterocycles. The largest absolute Gasteiger partial charge is 0.493 e. The molecule has 7 heteroatoms. The number of aryl methyl sites for hydroxylation is 1. The molecule has 1 aliphatic heterocycles. The number of rotatable bonds is 8. The van der Waals surface area contributed by atoms with Crippen molar-refractivity contribution < 1.29 is 14.3 Å². The van der Waals surface area contributed by atoms with Gasteiger partial charge in [-0.15, -0.1) is 24.8 Å². The molecule has 190 valence electrons. The van der Waals surface area contributed by atoms with Crippen molar-refractivity contribution in [3.05, 3.63) is 65.7 Å². The van der Waals surface area contributed by atoms with Crippen LogP contribution in [0.25, 0.3) is 10.8 Å². The zero-order valence-electron chi connectivity index (χ0n) is 20.9. The summed E-state index contributed by atoms with van der Waals surface area (Å²) in [6.07, 6.45) is 3.55. The van der Waals surface area contributed by atoms with E-state index in [-0.39, 0.29) is 36.6 Å². The van der Waals surface area contributed by atoms with Gasteiger partial charge in [-0.05, 0) is 74.2 Å². The Labute approximate surface area is 221 Å². The molecule has 35 heavy (non-hydrogen) atoms. The molecule has 0 saturated heterocycles. The maximum absolute atomic E-state index is 12.9. The summed E-state index contributed by atoms with van der Waals surface area (Å²) < 4.78 is 10.8. The molecule has 4 rings (SSSR count). The highest BCUT2D eigenvalue weighted by Gasteiger charge is 2.25. The number of carbonyl (C=O) groups is 1. The molecule has 0 aromatic heterocycles. The predicted molar refractivity (Wildman–Crippen MR) is 149 cm³/mol. The smallest absolute Gasteiger partial charge is 0.227 e. The number of nitrogens with one attached hydrogen (secondary N) is 1. The molecule has 0 spiro atoms. The average molecular weight is 520 g/mol. The van der Waals surface area contributed by atoms with Crippen LogP contribution >= 0.6 is 24.8 Å². The van der Waals surface area contributed by atoms with Crippen LogP contribution in [0.5, 0.6) is 11.5 Å². The first kappa shape index (κ1) is 28.8. The van der Waals surface area contributed by atoms with E-state index in [2.05, 4.69) is 66.7 Å². The fraction of sp³-hybridized carbons (Fsp3) is 0.393. The number of hydrogen-bond acceptors (Lipinski definition) is 4. The second-order valence-electron chi connectivity index (χ2n) is 8.96. The summed E-state index contributed by atoms with van der Waals surface area (Å²) >= 11 is 0. The molecule has 0 aliphatic carbocycles. The molecule has 1 aliphatic rings. The fourth-order valence-electron chi connectivity index (χ4n) is 4.85. The van der Waals surface area contributed by atoms with Crippen molar-refractivity contribution in [2.24, 2.45) is 5.92 Å². The monoisotopic (exact) mass is 518 g/mol. The predicted octanol–water partition coefficient (Wildman–Crippen LogP) is 6.67. The Hall–Kier alpha value is -2.47. The second-order valence-corrected chi connectivity index (χ2v) is 8.96. The minimum Gasteiger partial charge on any atom is -0.493 e. The molecule has 1 N–H and O–H groups in total. The molecular weight excluding hydrogens is 483 g/mol. The maximum atomic E-state index is 12.9. The van der Waals surface area contributed by atoms with Crippen LogP contribution in [0.3, 0.4) is 0 Å². The minimum absolute atomic E-state index is 0. The van der Waals surface area contributed by atoms with E-state index in [1.807, 2.05) is 12.1 Å². The number of anilines is 1. The summed E-state index contributed by atoms with van der Waals surface area (Å²) in [6.45, 7) is 3.21. The van der Waals surface area contributed by atoms with E-state index in [1.165, 1.54) is 16.3 Å².